The molecule has 5 rings (SSSR count). The Bertz CT molecular complexity index is 1140. The Kier molecular flexibility index (Phi) is 5.03. The van der Waals surface area contributed by atoms with Gasteiger partial charge in [0.2, 0.25) is 0 Å². The van der Waals surface area contributed by atoms with E-state index in [-0.39, 0.29) is 0 Å². The van der Waals surface area contributed by atoms with Crippen molar-refractivity contribution >= 4 is 0 Å². The van der Waals surface area contributed by atoms with Crippen LogP contribution in [0.2, 0.25) is 0 Å². The minimum Gasteiger partial charge on any atom is -0.294 e. The molecule has 0 radical (unpaired) electrons. The zero-order chi connectivity index (χ0) is 20.3. The third kappa shape index (κ3) is 3.98. The predicted molar refractivity (Wildman–Crippen MR) is 117 cm³/mol. The molecule has 1 aromatic carbocycles. The zero-order valence-electron chi connectivity index (χ0n) is 17.0. The SMILES string of the molecule is Cc1ccc(-c2ccc(CN3CCc4nc(-c5ccncc5)ncc4C3)cn2)cc1. The van der Waals surface area contributed by atoms with E-state index >= 15 is 0 Å². The lowest BCUT2D eigenvalue weighted by molar-refractivity contribution is 0.242. The van der Waals surface area contributed by atoms with Crippen molar-refractivity contribution in [3.8, 4) is 22.6 Å². The van der Waals surface area contributed by atoms with Gasteiger partial charge >= 0.3 is 0 Å². The van der Waals surface area contributed by atoms with Crippen LogP contribution in [-0.4, -0.2) is 31.4 Å². The van der Waals surface area contributed by atoms with Gasteiger partial charge in [0.25, 0.3) is 0 Å². The van der Waals surface area contributed by atoms with Gasteiger partial charge in [-0.25, -0.2) is 9.97 Å². The molecule has 0 bridgehead atoms. The van der Waals surface area contributed by atoms with Crippen LogP contribution in [0.5, 0.6) is 0 Å². The van der Waals surface area contributed by atoms with Gasteiger partial charge in [-0.05, 0) is 30.7 Å². The van der Waals surface area contributed by atoms with Crippen molar-refractivity contribution in [3.63, 3.8) is 0 Å². The van der Waals surface area contributed by atoms with E-state index in [0.29, 0.717) is 0 Å². The molecule has 4 heterocycles. The Hall–Kier alpha value is -3.44. The van der Waals surface area contributed by atoms with E-state index in [1.165, 1.54) is 16.7 Å². The average molecular weight is 393 g/mol. The second kappa shape index (κ2) is 8.13. The number of hydrogen-bond acceptors (Lipinski definition) is 5. The maximum absolute atomic E-state index is 4.80. The monoisotopic (exact) mass is 393 g/mol. The third-order valence-electron chi connectivity index (χ3n) is 5.53. The molecule has 5 nitrogen and oxygen atoms in total. The second-order valence-electron chi connectivity index (χ2n) is 7.78. The summed E-state index contributed by atoms with van der Waals surface area (Å²) in [7, 11) is 0. The number of pyridine rings is 2. The maximum atomic E-state index is 4.80. The van der Waals surface area contributed by atoms with E-state index in [0.717, 1.165) is 54.4 Å². The zero-order valence-corrected chi connectivity index (χ0v) is 17.0. The van der Waals surface area contributed by atoms with Gasteiger partial charge in [-0.3, -0.25) is 14.9 Å². The van der Waals surface area contributed by atoms with E-state index in [1.54, 1.807) is 12.4 Å². The van der Waals surface area contributed by atoms with Crippen molar-refractivity contribution in [1.82, 2.24) is 24.8 Å². The van der Waals surface area contributed by atoms with Crippen molar-refractivity contribution < 1.29 is 0 Å². The van der Waals surface area contributed by atoms with Gasteiger partial charge in [-0.1, -0.05) is 35.9 Å². The first kappa shape index (κ1) is 18.6. The Balaban J connectivity index is 1.27. The van der Waals surface area contributed by atoms with Gasteiger partial charge in [0, 0.05) is 67.5 Å². The summed E-state index contributed by atoms with van der Waals surface area (Å²) in [5.41, 5.74) is 8.03. The number of benzene rings is 1. The topological polar surface area (TPSA) is 54.8 Å². The molecule has 0 saturated heterocycles. The molecule has 0 atom stereocenters. The number of aryl methyl sites for hydroxylation is 1. The van der Waals surface area contributed by atoms with Gasteiger partial charge in [0.05, 0.1) is 11.4 Å². The lowest BCUT2D eigenvalue weighted by atomic mass is 10.1. The van der Waals surface area contributed by atoms with Crippen molar-refractivity contribution in [1.29, 1.82) is 0 Å². The largest absolute Gasteiger partial charge is 0.294 e. The van der Waals surface area contributed by atoms with Crippen LogP contribution in [0.1, 0.15) is 22.4 Å². The quantitative estimate of drug-likeness (QED) is 0.512. The van der Waals surface area contributed by atoms with E-state index in [4.69, 9.17) is 4.98 Å². The summed E-state index contributed by atoms with van der Waals surface area (Å²) in [5.74, 6) is 0.778. The molecule has 5 heteroatoms. The maximum Gasteiger partial charge on any atom is 0.159 e. The molecule has 30 heavy (non-hydrogen) atoms. The normalized spacial score (nSPS) is 13.8. The summed E-state index contributed by atoms with van der Waals surface area (Å²) in [6, 6.07) is 16.7. The summed E-state index contributed by atoms with van der Waals surface area (Å²) >= 11 is 0. The lowest BCUT2D eigenvalue weighted by Gasteiger charge is -2.28. The third-order valence-corrected chi connectivity index (χ3v) is 5.53. The first-order valence-corrected chi connectivity index (χ1v) is 10.2. The van der Waals surface area contributed by atoms with Gasteiger partial charge in [0.15, 0.2) is 5.82 Å². The molecule has 0 spiro atoms. The Labute approximate surface area is 176 Å². The molecule has 0 aliphatic carbocycles. The highest BCUT2D eigenvalue weighted by atomic mass is 15.1. The van der Waals surface area contributed by atoms with Crippen molar-refractivity contribution in [2.75, 3.05) is 6.54 Å². The highest BCUT2D eigenvalue weighted by Crippen LogP contribution is 2.23. The minimum absolute atomic E-state index is 0.778. The highest BCUT2D eigenvalue weighted by molar-refractivity contribution is 5.59. The number of fused-ring (bicyclic) bond motifs is 1. The number of aromatic nitrogens is 4. The molecule has 1 aliphatic heterocycles. The molecule has 0 unspecified atom stereocenters. The number of hydrogen-bond donors (Lipinski definition) is 0. The summed E-state index contributed by atoms with van der Waals surface area (Å²) in [4.78, 5) is 20.6. The predicted octanol–water partition coefficient (Wildman–Crippen LogP) is 4.47. The van der Waals surface area contributed by atoms with Gasteiger partial charge < -0.3 is 0 Å². The second-order valence-corrected chi connectivity index (χ2v) is 7.78. The van der Waals surface area contributed by atoms with Gasteiger partial charge in [0.1, 0.15) is 0 Å². The smallest absolute Gasteiger partial charge is 0.159 e. The van der Waals surface area contributed by atoms with Gasteiger partial charge in [-0.2, -0.15) is 0 Å². The Morgan fingerprint density at radius 1 is 0.867 bits per heavy atom. The van der Waals surface area contributed by atoms with E-state index < -0.39 is 0 Å². The van der Waals surface area contributed by atoms with Crippen LogP contribution in [0.15, 0.2) is 73.3 Å². The molecule has 3 aromatic heterocycles. The molecular formula is C25H23N5. The van der Waals surface area contributed by atoms with E-state index in [2.05, 4.69) is 63.2 Å². The van der Waals surface area contributed by atoms with Crippen LogP contribution in [0.4, 0.5) is 0 Å². The fourth-order valence-corrected chi connectivity index (χ4v) is 3.82. The lowest BCUT2D eigenvalue weighted by Crippen LogP contribution is -2.31. The summed E-state index contributed by atoms with van der Waals surface area (Å²) in [6.45, 7) is 4.83. The van der Waals surface area contributed by atoms with Crippen LogP contribution >= 0.6 is 0 Å². The molecular weight excluding hydrogens is 370 g/mol. The van der Waals surface area contributed by atoms with Gasteiger partial charge in [-0.15, -0.1) is 0 Å². The molecule has 0 N–H and O–H groups in total. The summed E-state index contributed by atoms with van der Waals surface area (Å²) in [5, 5.41) is 0. The first-order chi connectivity index (χ1) is 14.7. The number of rotatable bonds is 4. The highest BCUT2D eigenvalue weighted by Gasteiger charge is 2.19. The van der Waals surface area contributed by atoms with Crippen LogP contribution in [0, 0.1) is 6.92 Å². The van der Waals surface area contributed by atoms with Crippen LogP contribution in [0.25, 0.3) is 22.6 Å². The fraction of sp³-hybridized carbons (Fsp3) is 0.200. The average Bonchev–Trinajstić information content (AvgIpc) is 2.80. The Morgan fingerprint density at radius 2 is 1.70 bits per heavy atom. The van der Waals surface area contributed by atoms with Crippen LogP contribution < -0.4 is 0 Å². The number of nitrogens with zero attached hydrogens (tertiary/aromatic N) is 5. The fourth-order valence-electron chi connectivity index (χ4n) is 3.82. The summed E-state index contributed by atoms with van der Waals surface area (Å²) in [6.07, 6.45) is 8.46. The molecule has 4 aromatic rings. The van der Waals surface area contributed by atoms with Crippen molar-refractivity contribution in [3.05, 3.63) is 95.7 Å². The summed E-state index contributed by atoms with van der Waals surface area (Å²) < 4.78 is 0. The molecule has 148 valence electrons. The van der Waals surface area contributed by atoms with Crippen LogP contribution in [-0.2, 0) is 19.5 Å². The Morgan fingerprint density at radius 3 is 2.47 bits per heavy atom. The van der Waals surface area contributed by atoms with Crippen molar-refractivity contribution in [2.45, 2.75) is 26.4 Å². The molecule has 0 saturated carbocycles. The van der Waals surface area contributed by atoms with E-state index in [1.807, 2.05) is 24.5 Å². The standard InChI is InChI=1S/C25H23N5/c1-18-2-5-20(6-3-18)23-7-4-19(14-27-23)16-30-13-10-24-22(17-30)15-28-25(29-24)21-8-11-26-12-9-21/h2-9,11-12,14-15H,10,13,16-17H2,1H3. The van der Waals surface area contributed by atoms with Crippen molar-refractivity contribution in [2.24, 2.45) is 0 Å². The van der Waals surface area contributed by atoms with E-state index in [9.17, 15) is 0 Å². The minimum atomic E-state index is 0.778. The molecule has 0 fully saturated rings. The molecule has 0 amide bonds. The van der Waals surface area contributed by atoms with Crippen LogP contribution in [0.3, 0.4) is 0 Å². The molecule has 1 aliphatic rings. The first-order valence-electron chi connectivity index (χ1n) is 10.2.